The Hall–Kier alpha value is -1.98. The third-order valence-corrected chi connectivity index (χ3v) is 7.49. The lowest BCUT2D eigenvalue weighted by atomic mass is 10.2. The minimum absolute atomic E-state index is 0.0719. The zero-order chi connectivity index (χ0) is 21.8. The first-order chi connectivity index (χ1) is 15.1. The number of hydrogen-bond donors (Lipinski definition) is 2. The van der Waals surface area contributed by atoms with Crippen LogP contribution in [0.1, 0.15) is 56.9 Å². The van der Waals surface area contributed by atoms with Crippen molar-refractivity contribution in [2.24, 2.45) is 0 Å². The Labute approximate surface area is 194 Å². The van der Waals surface area contributed by atoms with Crippen LogP contribution >= 0.6 is 35.3 Å². The van der Waals surface area contributed by atoms with E-state index in [-0.39, 0.29) is 5.91 Å². The van der Waals surface area contributed by atoms with Crippen molar-refractivity contribution in [2.75, 3.05) is 12.8 Å². The average Bonchev–Trinajstić information content (AvgIpc) is 3.56. The fourth-order valence-electron chi connectivity index (χ4n) is 4.11. The minimum Gasteiger partial charge on any atom is -0.354 e. The van der Waals surface area contributed by atoms with E-state index in [0.29, 0.717) is 23.2 Å². The van der Waals surface area contributed by atoms with Crippen LogP contribution in [-0.4, -0.2) is 48.2 Å². The number of amides is 1. The van der Waals surface area contributed by atoms with Crippen LogP contribution in [0, 0.1) is 4.77 Å². The molecular formula is C20H27N7OS3. The van der Waals surface area contributed by atoms with Crippen LogP contribution < -0.4 is 5.32 Å². The van der Waals surface area contributed by atoms with Crippen molar-refractivity contribution in [3.05, 3.63) is 28.1 Å². The van der Waals surface area contributed by atoms with Crippen molar-refractivity contribution in [1.82, 2.24) is 34.8 Å². The molecule has 1 unspecified atom stereocenters. The lowest BCUT2D eigenvalue weighted by molar-refractivity contribution is -0.123. The summed E-state index contributed by atoms with van der Waals surface area (Å²) in [7, 11) is 0. The zero-order valence-electron chi connectivity index (χ0n) is 17.7. The molecule has 0 saturated heterocycles. The predicted octanol–water partition coefficient (Wildman–Crippen LogP) is 4.41. The smallest absolute Gasteiger partial charge is 0.242 e. The number of aromatic amines is 1. The van der Waals surface area contributed by atoms with Gasteiger partial charge in [0.2, 0.25) is 5.91 Å². The normalized spacial score (nSPS) is 15.4. The van der Waals surface area contributed by atoms with Crippen LogP contribution in [0.3, 0.4) is 0 Å². The molecule has 3 heterocycles. The number of rotatable bonds is 9. The second-order valence-corrected chi connectivity index (χ2v) is 9.79. The number of aromatic nitrogens is 6. The molecule has 0 bridgehead atoms. The van der Waals surface area contributed by atoms with E-state index >= 15 is 0 Å². The number of nitrogens with one attached hydrogen (secondary N) is 2. The molecule has 1 saturated carbocycles. The first-order valence-electron chi connectivity index (χ1n) is 10.6. The van der Waals surface area contributed by atoms with Gasteiger partial charge >= 0.3 is 0 Å². The number of aryl methyl sites for hydroxylation is 1. The standard InChI is InChI=1S/C20H27N7OS3/c1-13(26-17(23-24-19(26)29)15-9-6-12-31-15)18(28)21-11-5-10-16-22-25-20(30-2)27(16)14-7-3-4-8-14/h6,9,12-14H,3-5,7-8,10-11H2,1-2H3,(H,21,28)(H,24,29). The maximum atomic E-state index is 12.8. The fourth-order valence-corrected chi connectivity index (χ4v) is 5.69. The molecule has 3 aromatic heterocycles. The molecular weight excluding hydrogens is 450 g/mol. The third kappa shape index (κ3) is 4.78. The van der Waals surface area contributed by atoms with Gasteiger partial charge in [-0.2, -0.15) is 5.10 Å². The van der Waals surface area contributed by atoms with Gasteiger partial charge in [0, 0.05) is 19.0 Å². The van der Waals surface area contributed by atoms with Crippen LogP contribution in [0.2, 0.25) is 0 Å². The summed E-state index contributed by atoms with van der Waals surface area (Å²) in [5.74, 6) is 1.64. The number of nitrogens with zero attached hydrogens (tertiary/aromatic N) is 5. The van der Waals surface area contributed by atoms with E-state index < -0.39 is 6.04 Å². The van der Waals surface area contributed by atoms with Crippen molar-refractivity contribution in [3.8, 4) is 10.7 Å². The van der Waals surface area contributed by atoms with E-state index in [2.05, 4.69) is 30.3 Å². The third-order valence-electron chi connectivity index (χ3n) is 5.70. The van der Waals surface area contributed by atoms with Gasteiger partial charge in [-0.25, -0.2) is 0 Å². The number of H-pyrrole nitrogens is 1. The summed E-state index contributed by atoms with van der Waals surface area (Å²) in [6.07, 6.45) is 8.60. The fraction of sp³-hybridized carbons (Fsp3) is 0.550. The van der Waals surface area contributed by atoms with Crippen molar-refractivity contribution in [2.45, 2.75) is 62.7 Å². The number of carbonyl (C=O) groups is 1. The SMILES string of the molecule is CSc1nnc(CCCNC(=O)C(C)n2c(-c3cccs3)n[nH]c2=S)n1C1CCCC1. The van der Waals surface area contributed by atoms with E-state index in [4.69, 9.17) is 12.2 Å². The predicted molar refractivity (Wildman–Crippen MR) is 126 cm³/mol. The van der Waals surface area contributed by atoms with E-state index in [0.717, 1.165) is 28.7 Å². The van der Waals surface area contributed by atoms with Gasteiger partial charge in [-0.05, 0) is 56.1 Å². The molecule has 1 amide bonds. The van der Waals surface area contributed by atoms with Crippen molar-refractivity contribution < 1.29 is 4.79 Å². The molecule has 0 spiro atoms. The first-order valence-corrected chi connectivity index (χ1v) is 13.1. The molecule has 8 nitrogen and oxygen atoms in total. The Morgan fingerprint density at radius 3 is 2.94 bits per heavy atom. The highest BCUT2D eigenvalue weighted by atomic mass is 32.2. The van der Waals surface area contributed by atoms with Gasteiger partial charge in [-0.15, -0.1) is 21.5 Å². The quantitative estimate of drug-likeness (QED) is 0.269. The van der Waals surface area contributed by atoms with Crippen molar-refractivity contribution in [1.29, 1.82) is 0 Å². The molecule has 0 aliphatic heterocycles. The highest BCUT2D eigenvalue weighted by Gasteiger charge is 2.24. The van der Waals surface area contributed by atoms with Crippen molar-refractivity contribution >= 4 is 41.2 Å². The van der Waals surface area contributed by atoms with Crippen molar-refractivity contribution in [3.63, 3.8) is 0 Å². The van der Waals surface area contributed by atoms with Gasteiger partial charge in [-0.1, -0.05) is 30.7 Å². The van der Waals surface area contributed by atoms with Crippen LogP contribution in [0.15, 0.2) is 22.7 Å². The molecule has 0 aromatic carbocycles. The molecule has 3 aromatic rings. The maximum absolute atomic E-state index is 12.8. The van der Waals surface area contributed by atoms with Crippen LogP contribution in [0.4, 0.5) is 0 Å². The van der Waals surface area contributed by atoms with E-state index in [1.807, 2.05) is 30.7 Å². The second-order valence-electron chi connectivity index (χ2n) is 7.68. The lowest BCUT2D eigenvalue weighted by Gasteiger charge is -2.17. The molecule has 2 N–H and O–H groups in total. The minimum atomic E-state index is -0.450. The number of thiophene rings is 1. The highest BCUT2D eigenvalue weighted by molar-refractivity contribution is 7.98. The zero-order valence-corrected chi connectivity index (χ0v) is 20.2. The summed E-state index contributed by atoms with van der Waals surface area (Å²) in [6, 6.07) is 3.99. The Balaban J connectivity index is 1.35. The summed E-state index contributed by atoms with van der Waals surface area (Å²) < 4.78 is 4.54. The molecule has 166 valence electrons. The summed E-state index contributed by atoms with van der Waals surface area (Å²) >= 11 is 8.59. The monoisotopic (exact) mass is 477 g/mol. The molecule has 0 radical (unpaired) electrons. The molecule has 11 heteroatoms. The summed E-state index contributed by atoms with van der Waals surface area (Å²) in [5, 5.41) is 21.9. The van der Waals surface area contributed by atoms with Crippen LogP contribution in [0.25, 0.3) is 10.7 Å². The number of thioether (sulfide) groups is 1. The van der Waals surface area contributed by atoms with Gasteiger partial charge in [0.25, 0.3) is 0 Å². The lowest BCUT2D eigenvalue weighted by Crippen LogP contribution is -2.32. The molecule has 31 heavy (non-hydrogen) atoms. The van der Waals surface area contributed by atoms with Gasteiger partial charge in [0.05, 0.1) is 4.88 Å². The van der Waals surface area contributed by atoms with E-state index in [1.54, 1.807) is 27.7 Å². The molecule has 1 fully saturated rings. The Kier molecular flexibility index (Phi) is 7.24. The Morgan fingerprint density at radius 1 is 1.42 bits per heavy atom. The number of hydrogen-bond acceptors (Lipinski definition) is 7. The van der Waals surface area contributed by atoms with E-state index in [1.165, 1.54) is 25.7 Å². The second kappa shape index (κ2) is 10.1. The maximum Gasteiger partial charge on any atom is 0.242 e. The molecule has 1 aliphatic rings. The Bertz CT molecular complexity index is 1060. The molecule has 1 aliphatic carbocycles. The summed E-state index contributed by atoms with van der Waals surface area (Å²) in [6.45, 7) is 2.42. The van der Waals surface area contributed by atoms with Crippen LogP contribution in [-0.2, 0) is 11.2 Å². The molecule has 4 rings (SSSR count). The average molecular weight is 478 g/mol. The Morgan fingerprint density at radius 2 is 2.23 bits per heavy atom. The van der Waals surface area contributed by atoms with E-state index in [9.17, 15) is 4.79 Å². The first kappa shape index (κ1) is 22.2. The van der Waals surface area contributed by atoms with Gasteiger partial charge in [0.1, 0.15) is 11.9 Å². The van der Waals surface area contributed by atoms with Crippen LogP contribution in [0.5, 0.6) is 0 Å². The topological polar surface area (TPSA) is 93.4 Å². The van der Waals surface area contributed by atoms with Gasteiger partial charge in [-0.3, -0.25) is 14.5 Å². The summed E-state index contributed by atoms with van der Waals surface area (Å²) in [4.78, 5) is 13.8. The number of carbonyl (C=O) groups excluding carboxylic acids is 1. The molecule has 1 atom stereocenters. The summed E-state index contributed by atoms with van der Waals surface area (Å²) in [5.41, 5.74) is 0. The largest absolute Gasteiger partial charge is 0.354 e. The highest BCUT2D eigenvalue weighted by Crippen LogP contribution is 2.33. The van der Waals surface area contributed by atoms with Gasteiger partial charge in [0.15, 0.2) is 15.8 Å². The van der Waals surface area contributed by atoms with Gasteiger partial charge < -0.3 is 9.88 Å².